The summed E-state index contributed by atoms with van der Waals surface area (Å²) in [4.78, 5) is 24.6. The highest BCUT2D eigenvalue weighted by Crippen LogP contribution is 2.28. The van der Waals surface area contributed by atoms with Gasteiger partial charge in [-0.25, -0.2) is 4.98 Å². The van der Waals surface area contributed by atoms with Crippen LogP contribution in [0.1, 0.15) is 30.9 Å². The fraction of sp³-hybridized carbons (Fsp3) is 0.500. The average Bonchev–Trinajstić information content (AvgIpc) is 3.25. The van der Waals surface area contributed by atoms with Crippen LogP contribution in [0.4, 0.5) is 5.13 Å². The standard InChI is InChI=1S/C20H26N4OS/c25-19(23-10-5-2-6-11-23)18(17-7-3-1-4-8-17)22-12-14-24(15-13-22)20-21-9-16-26-20/h1,3-4,7-9,16,18H,2,5-6,10-15H2. The predicted molar refractivity (Wildman–Crippen MR) is 106 cm³/mol. The van der Waals surface area contributed by atoms with Gasteiger partial charge in [0.05, 0.1) is 0 Å². The molecule has 1 unspecified atom stereocenters. The highest BCUT2D eigenvalue weighted by molar-refractivity contribution is 7.13. The summed E-state index contributed by atoms with van der Waals surface area (Å²) >= 11 is 1.69. The smallest absolute Gasteiger partial charge is 0.244 e. The second kappa shape index (κ2) is 8.18. The van der Waals surface area contributed by atoms with Crippen LogP contribution in [0.5, 0.6) is 0 Å². The summed E-state index contributed by atoms with van der Waals surface area (Å²) in [6, 6.07) is 10.1. The van der Waals surface area contributed by atoms with Gasteiger partial charge in [-0.05, 0) is 24.8 Å². The molecular formula is C20H26N4OS. The van der Waals surface area contributed by atoms with E-state index in [0.717, 1.165) is 62.8 Å². The van der Waals surface area contributed by atoms with Gasteiger partial charge in [0.25, 0.3) is 0 Å². The maximum Gasteiger partial charge on any atom is 0.244 e. The lowest BCUT2D eigenvalue weighted by molar-refractivity contribution is -0.138. The number of hydrogen-bond acceptors (Lipinski definition) is 5. The summed E-state index contributed by atoms with van der Waals surface area (Å²) in [5.74, 6) is 0.276. The van der Waals surface area contributed by atoms with Gasteiger partial charge in [0, 0.05) is 50.8 Å². The number of nitrogens with zero attached hydrogens (tertiary/aromatic N) is 4. The molecule has 0 radical (unpaired) electrons. The summed E-state index contributed by atoms with van der Waals surface area (Å²) in [5.41, 5.74) is 1.12. The van der Waals surface area contributed by atoms with Gasteiger partial charge in [0.15, 0.2) is 5.13 Å². The average molecular weight is 371 g/mol. The van der Waals surface area contributed by atoms with E-state index in [4.69, 9.17) is 0 Å². The van der Waals surface area contributed by atoms with E-state index in [1.165, 1.54) is 6.42 Å². The number of piperazine rings is 1. The van der Waals surface area contributed by atoms with Gasteiger partial charge in [-0.2, -0.15) is 0 Å². The van der Waals surface area contributed by atoms with Crippen LogP contribution in [-0.2, 0) is 4.79 Å². The first-order valence-corrected chi connectivity index (χ1v) is 10.4. The highest BCUT2D eigenvalue weighted by atomic mass is 32.1. The van der Waals surface area contributed by atoms with Crippen molar-refractivity contribution in [3.63, 3.8) is 0 Å². The lowest BCUT2D eigenvalue weighted by atomic mass is 10.0. The zero-order valence-corrected chi connectivity index (χ0v) is 15.9. The SMILES string of the molecule is O=C(C(c1ccccc1)N1CCN(c2nccs2)CC1)N1CCCCC1. The molecule has 1 aromatic heterocycles. The van der Waals surface area contributed by atoms with Crippen molar-refractivity contribution in [2.24, 2.45) is 0 Å². The molecule has 0 spiro atoms. The van der Waals surface area contributed by atoms with E-state index in [-0.39, 0.29) is 11.9 Å². The Morgan fingerprint density at radius 2 is 1.69 bits per heavy atom. The number of likely N-dealkylation sites (tertiary alicyclic amines) is 1. The molecule has 2 saturated heterocycles. The molecule has 2 aliphatic rings. The van der Waals surface area contributed by atoms with Crippen molar-refractivity contribution in [2.75, 3.05) is 44.2 Å². The van der Waals surface area contributed by atoms with E-state index in [0.29, 0.717) is 0 Å². The monoisotopic (exact) mass is 370 g/mol. The molecule has 0 aliphatic carbocycles. The molecule has 1 atom stereocenters. The third kappa shape index (κ3) is 3.76. The Balaban J connectivity index is 1.51. The number of thiazole rings is 1. The molecule has 138 valence electrons. The van der Waals surface area contributed by atoms with Crippen molar-refractivity contribution >= 4 is 22.4 Å². The Kier molecular flexibility index (Phi) is 5.51. The van der Waals surface area contributed by atoms with Crippen LogP contribution < -0.4 is 4.90 Å². The normalized spacial score (nSPS) is 20.2. The summed E-state index contributed by atoms with van der Waals surface area (Å²) in [6.45, 7) is 5.42. The third-order valence-corrected chi connectivity index (χ3v) is 6.22. The molecule has 5 nitrogen and oxygen atoms in total. The molecular weight excluding hydrogens is 344 g/mol. The quantitative estimate of drug-likeness (QED) is 0.829. The van der Waals surface area contributed by atoms with E-state index in [1.807, 2.05) is 29.8 Å². The fourth-order valence-electron chi connectivity index (χ4n) is 3.98. The largest absolute Gasteiger partial charge is 0.346 e. The number of carbonyl (C=O) groups is 1. The number of anilines is 1. The molecule has 2 aromatic rings. The number of hydrogen-bond donors (Lipinski definition) is 0. The topological polar surface area (TPSA) is 39.7 Å². The molecule has 1 aromatic carbocycles. The minimum absolute atomic E-state index is 0.159. The Morgan fingerprint density at radius 3 is 2.35 bits per heavy atom. The maximum atomic E-state index is 13.4. The fourth-order valence-corrected chi connectivity index (χ4v) is 4.67. The third-order valence-electron chi connectivity index (χ3n) is 5.39. The first kappa shape index (κ1) is 17.5. The van der Waals surface area contributed by atoms with E-state index in [2.05, 4.69) is 31.8 Å². The number of aromatic nitrogens is 1. The van der Waals surface area contributed by atoms with Crippen molar-refractivity contribution in [1.82, 2.24) is 14.8 Å². The van der Waals surface area contributed by atoms with Crippen LogP contribution in [0, 0.1) is 0 Å². The zero-order chi connectivity index (χ0) is 17.8. The Morgan fingerprint density at radius 1 is 0.962 bits per heavy atom. The van der Waals surface area contributed by atoms with Crippen molar-refractivity contribution in [3.8, 4) is 0 Å². The Bertz CT molecular complexity index is 692. The van der Waals surface area contributed by atoms with Gasteiger partial charge < -0.3 is 9.80 Å². The molecule has 0 saturated carbocycles. The number of benzene rings is 1. The van der Waals surface area contributed by atoms with Gasteiger partial charge in [0.1, 0.15) is 6.04 Å². The molecule has 26 heavy (non-hydrogen) atoms. The van der Waals surface area contributed by atoms with Crippen LogP contribution in [0.3, 0.4) is 0 Å². The van der Waals surface area contributed by atoms with Crippen molar-refractivity contribution in [2.45, 2.75) is 25.3 Å². The first-order chi connectivity index (χ1) is 12.8. The molecule has 0 bridgehead atoms. The van der Waals surface area contributed by atoms with Gasteiger partial charge >= 0.3 is 0 Å². The molecule has 0 N–H and O–H groups in total. The summed E-state index contributed by atoms with van der Waals surface area (Å²) in [6.07, 6.45) is 5.36. The molecule has 3 heterocycles. The lowest BCUT2D eigenvalue weighted by Gasteiger charge is -2.41. The Labute approximate surface area is 159 Å². The molecule has 1 amide bonds. The lowest BCUT2D eigenvalue weighted by Crippen LogP contribution is -2.52. The number of amides is 1. The first-order valence-electron chi connectivity index (χ1n) is 9.55. The van der Waals surface area contributed by atoms with Gasteiger partial charge in [-0.1, -0.05) is 30.3 Å². The van der Waals surface area contributed by atoms with Crippen molar-refractivity contribution < 1.29 is 4.79 Å². The van der Waals surface area contributed by atoms with Crippen LogP contribution >= 0.6 is 11.3 Å². The summed E-state index contributed by atoms with van der Waals surface area (Å²) in [5, 5.41) is 3.11. The van der Waals surface area contributed by atoms with Gasteiger partial charge in [-0.15, -0.1) is 11.3 Å². The summed E-state index contributed by atoms with van der Waals surface area (Å²) < 4.78 is 0. The number of carbonyl (C=O) groups excluding carboxylic acids is 1. The second-order valence-electron chi connectivity index (χ2n) is 7.04. The van der Waals surface area contributed by atoms with Gasteiger partial charge in [-0.3, -0.25) is 9.69 Å². The second-order valence-corrected chi connectivity index (χ2v) is 7.91. The van der Waals surface area contributed by atoms with E-state index in [1.54, 1.807) is 11.3 Å². The molecule has 2 fully saturated rings. The van der Waals surface area contributed by atoms with E-state index in [9.17, 15) is 4.79 Å². The molecule has 6 heteroatoms. The van der Waals surface area contributed by atoms with Gasteiger partial charge in [0.2, 0.25) is 5.91 Å². The van der Waals surface area contributed by atoms with E-state index < -0.39 is 0 Å². The molecule has 4 rings (SSSR count). The Hall–Kier alpha value is -1.92. The minimum atomic E-state index is -0.159. The van der Waals surface area contributed by atoms with Crippen molar-refractivity contribution in [1.29, 1.82) is 0 Å². The van der Waals surface area contributed by atoms with Crippen LogP contribution in [0.2, 0.25) is 0 Å². The van der Waals surface area contributed by atoms with Crippen LogP contribution in [0.25, 0.3) is 0 Å². The maximum absolute atomic E-state index is 13.4. The van der Waals surface area contributed by atoms with Crippen LogP contribution in [-0.4, -0.2) is 60.0 Å². The molecule has 2 aliphatic heterocycles. The minimum Gasteiger partial charge on any atom is -0.346 e. The van der Waals surface area contributed by atoms with Crippen molar-refractivity contribution in [3.05, 3.63) is 47.5 Å². The highest BCUT2D eigenvalue weighted by Gasteiger charge is 2.34. The predicted octanol–water partition coefficient (Wildman–Crippen LogP) is 3.02. The number of piperidine rings is 1. The number of rotatable bonds is 4. The zero-order valence-electron chi connectivity index (χ0n) is 15.1. The van der Waals surface area contributed by atoms with E-state index >= 15 is 0 Å². The summed E-state index contributed by atoms with van der Waals surface area (Å²) in [7, 11) is 0. The van der Waals surface area contributed by atoms with Crippen LogP contribution in [0.15, 0.2) is 41.9 Å².